The zero-order valence-electron chi connectivity index (χ0n) is 8.60. The van der Waals surface area contributed by atoms with E-state index in [1.165, 1.54) is 0 Å². The van der Waals surface area contributed by atoms with Crippen molar-refractivity contribution in [3.8, 4) is 0 Å². The van der Waals surface area contributed by atoms with Crippen LogP contribution in [0.4, 0.5) is 4.79 Å². The molecule has 0 saturated carbocycles. The molecule has 1 heterocycles. The van der Waals surface area contributed by atoms with Gasteiger partial charge < -0.3 is 14.7 Å². The van der Waals surface area contributed by atoms with Gasteiger partial charge in [-0.3, -0.25) is 0 Å². The highest BCUT2D eigenvalue weighted by molar-refractivity contribution is 9.10. The Labute approximate surface area is 102 Å². The number of aliphatic hydroxyl groups is 1. The zero-order chi connectivity index (χ0) is 11.5. The topological polar surface area (TPSA) is 49.8 Å². The lowest BCUT2D eigenvalue weighted by Gasteiger charge is -2.12. The first-order chi connectivity index (χ1) is 7.69. The van der Waals surface area contributed by atoms with Crippen LogP contribution in [-0.2, 0) is 11.3 Å². The summed E-state index contributed by atoms with van der Waals surface area (Å²) in [7, 11) is 0. The van der Waals surface area contributed by atoms with Gasteiger partial charge >= 0.3 is 6.09 Å². The Hall–Kier alpha value is -1.07. The number of amides is 1. The summed E-state index contributed by atoms with van der Waals surface area (Å²) in [6.07, 6.45) is -0.751. The van der Waals surface area contributed by atoms with Gasteiger partial charge in [0.2, 0.25) is 0 Å². The minimum Gasteiger partial charge on any atom is -0.442 e. The van der Waals surface area contributed by atoms with Gasteiger partial charge in [-0.1, -0.05) is 28.1 Å². The van der Waals surface area contributed by atoms with Gasteiger partial charge in [-0.05, 0) is 17.7 Å². The van der Waals surface area contributed by atoms with Crippen molar-refractivity contribution in [3.05, 3.63) is 34.3 Å². The summed E-state index contributed by atoms with van der Waals surface area (Å²) >= 11 is 3.38. The molecule has 1 aliphatic rings. The second-order valence-electron chi connectivity index (χ2n) is 3.70. The molecule has 1 aromatic rings. The number of carbonyl (C=O) groups is 1. The van der Waals surface area contributed by atoms with E-state index in [0.717, 1.165) is 10.0 Å². The summed E-state index contributed by atoms with van der Waals surface area (Å²) in [5, 5.41) is 8.90. The maximum atomic E-state index is 11.4. The monoisotopic (exact) mass is 285 g/mol. The lowest BCUT2D eigenvalue weighted by Crippen LogP contribution is -2.25. The smallest absolute Gasteiger partial charge is 0.410 e. The van der Waals surface area contributed by atoms with Gasteiger partial charge in [0.1, 0.15) is 6.10 Å². The van der Waals surface area contributed by atoms with Crippen LogP contribution in [0.5, 0.6) is 0 Å². The number of cyclic esters (lactones) is 1. The third-order valence-corrected chi connectivity index (χ3v) is 2.91. The average Bonchev–Trinajstić information content (AvgIpc) is 2.60. The van der Waals surface area contributed by atoms with Gasteiger partial charge in [0.05, 0.1) is 13.2 Å². The van der Waals surface area contributed by atoms with E-state index in [2.05, 4.69) is 15.9 Å². The Kier molecular flexibility index (Phi) is 3.46. The van der Waals surface area contributed by atoms with Crippen LogP contribution in [0.2, 0.25) is 0 Å². The fourth-order valence-electron chi connectivity index (χ4n) is 1.65. The van der Waals surface area contributed by atoms with Gasteiger partial charge in [0.25, 0.3) is 0 Å². The summed E-state index contributed by atoms with van der Waals surface area (Å²) in [6.45, 7) is 0.831. The van der Waals surface area contributed by atoms with Crippen molar-refractivity contribution >= 4 is 22.0 Å². The van der Waals surface area contributed by atoms with Crippen LogP contribution in [-0.4, -0.2) is 35.4 Å². The van der Waals surface area contributed by atoms with Crippen molar-refractivity contribution < 1.29 is 14.6 Å². The van der Waals surface area contributed by atoms with E-state index in [4.69, 9.17) is 9.84 Å². The Bertz CT molecular complexity index is 397. The van der Waals surface area contributed by atoms with Crippen LogP contribution in [0.3, 0.4) is 0 Å². The summed E-state index contributed by atoms with van der Waals surface area (Å²) in [5.74, 6) is 0. The fourth-order valence-corrected chi connectivity index (χ4v) is 2.10. The second-order valence-corrected chi connectivity index (χ2v) is 4.61. The largest absolute Gasteiger partial charge is 0.442 e. The first-order valence-corrected chi connectivity index (χ1v) is 5.79. The molecule has 0 aliphatic carbocycles. The van der Waals surface area contributed by atoms with Crippen molar-refractivity contribution in [1.29, 1.82) is 0 Å². The van der Waals surface area contributed by atoms with Gasteiger partial charge in [0.15, 0.2) is 0 Å². The van der Waals surface area contributed by atoms with Gasteiger partial charge in [0, 0.05) is 11.0 Å². The van der Waals surface area contributed by atoms with E-state index < -0.39 is 0 Å². The minimum atomic E-state index is -0.389. The van der Waals surface area contributed by atoms with Crippen molar-refractivity contribution in [3.63, 3.8) is 0 Å². The number of hydrogen-bond acceptors (Lipinski definition) is 3. The van der Waals surface area contributed by atoms with Gasteiger partial charge in [-0.25, -0.2) is 4.79 Å². The molecule has 1 amide bonds. The van der Waals surface area contributed by atoms with Crippen molar-refractivity contribution in [1.82, 2.24) is 4.90 Å². The molecule has 1 atom stereocenters. The Morgan fingerprint density at radius 2 is 2.38 bits per heavy atom. The molecule has 0 radical (unpaired) electrons. The van der Waals surface area contributed by atoms with Crippen LogP contribution in [0.15, 0.2) is 28.7 Å². The summed E-state index contributed by atoms with van der Waals surface area (Å²) < 4.78 is 5.93. The standard InChI is InChI=1S/C11H12BrNO3/c12-9-3-1-2-8(4-9)5-13-6-10(7-14)16-11(13)15/h1-4,10,14H,5-7H2/t10-/m1/s1. The highest BCUT2D eigenvalue weighted by Gasteiger charge is 2.30. The molecule has 1 aromatic carbocycles. The molecule has 1 aliphatic heterocycles. The van der Waals surface area contributed by atoms with E-state index in [0.29, 0.717) is 13.1 Å². The van der Waals surface area contributed by atoms with E-state index >= 15 is 0 Å². The predicted molar refractivity (Wildman–Crippen MR) is 61.9 cm³/mol. The molecule has 1 N–H and O–H groups in total. The lowest BCUT2D eigenvalue weighted by molar-refractivity contribution is 0.0947. The average molecular weight is 286 g/mol. The fraction of sp³-hybridized carbons (Fsp3) is 0.364. The van der Waals surface area contributed by atoms with Gasteiger partial charge in [-0.2, -0.15) is 0 Å². The number of rotatable bonds is 3. The second kappa shape index (κ2) is 4.84. The van der Waals surface area contributed by atoms with E-state index in [9.17, 15) is 4.79 Å². The molecule has 16 heavy (non-hydrogen) atoms. The molecule has 0 spiro atoms. The molecular weight excluding hydrogens is 274 g/mol. The summed E-state index contributed by atoms with van der Waals surface area (Å²) in [5.41, 5.74) is 1.03. The number of nitrogens with zero attached hydrogens (tertiary/aromatic N) is 1. The molecular formula is C11H12BrNO3. The molecule has 0 bridgehead atoms. The normalized spacial score (nSPS) is 20.0. The maximum absolute atomic E-state index is 11.4. The number of benzene rings is 1. The van der Waals surface area contributed by atoms with E-state index in [1.807, 2.05) is 24.3 Å². The molecule has 0 aromatic heterocycles. The third-order valence-electron chi connectivity index (χ3n) is 2.42. The number of carbonyl (C=O) groups excluding carboxylic acids is 1. The van der Waals surface area contributed by atoms with E-state index in [1.54, 1.807) is 4.90 Å². The number of ether oxygens (including phenoxy) is 1. The molecule has 1 saturated heterocycles. The lowest BCUT2D eigenvalue weighted by atomic mass is 10.2. The first-order valence-electron chi connectivity index (χ1n) is 5.00. The van der Waals surface area contributed by atoms with Crippen LogP contribution in [0, 0.1) is 0 Å². The van der Waals surface area contributed by atoms with Gasteiger partial charge in [-0.15, -0.1) is 0 Å². The first kappa shape index (κ1) is 11.4. The quantitative estimate of drug-likeness (QED) is 0.921. The molecule has 86 valence electrons. The molecule has 0 unspecified atom stereocenters. The third kappa shape index (κ3) is 2.54. The summed E-state index contributed by atoms with van der Waals surface area (Å²) in [6, 6.07) is 7.76. The van der Waals surface area contributed by atoms with Crippen molar-refractivity contribution in [2.75, 3.05) is 13.2 Å². The van der Waals surface area contributed by atoms with Crippen LogP contribution < -0.4 is 0 Å². The van der Waals surface area contributed by atoms with E-state index in [-0.39, 0.29) is 18.8 Å². The Morgan fingerprint density at radius 3 is 3.00 bits per heavy atom. The molecule has 5 heteroatoms. The molecule has 4 nitrogen and oxygen atoms in total. The Balaban J connectivity index is 2.03. The van der Waals surface area contributed by atoms with Crippen LogP contribution in [0.25, 0.3) is 0 Å². The number of hydrogen-bond donors (Lipinski definition) is 1. The van der Waals surface area contributed by atoms with Crippen molar-refractivity contribution in [2.24, 2.45) is 0 Å². The highest BCUT2D eigenvalue weighted by Crippen LogP contribution is 2.17. The molecule has 1 fully saturated rings. The van der Waals surface area contributed by atoms with Crippen LogP contribution in [0.1, 0.15) is 5.56 Å². The van der Waals surface area contributed by atoms with Crippen molar-refractivity contribution in [2.45, 2.75) is 12.6 Å². The number of halogens is 1. The number of aliphatic hydroxyl groups excluding tert-OH is 1. The summed E-state index contributed by atoms with van der Waals surface area (Å²) in [4.78, 5) is 13.0. The Morgan fingerprint density at radius 1 is 1.56 bits per heavy atom. The highest BCUT2D eigenvalue weighted by atomic mass is 79.9. The minimum absolute atomic E-state index is 0.124. The van der Waals surface area contributed by atoms with Crippen LogP contribution >= 0.6 is 15.9 Å². The maximum Gasteiger partial charge on any atom is 0.410 e. The predicted octanol–water partition coefficient (Wildman–Crippen LogP) is 1.76. The SMILES string of the molecule is O=C1O[C@@H](CO)CN1Cc1cccc(Br)c1. The molecule has 2 rings (SSSR count). The zero-order valence-corrected chi connectivity index (χ0v) is 10.2.